The van der Waals surface area contributed by atoms with E-state index in [1.807, 2.05) is 0 Å². The van der Waals surface area contributed by atoms with Crippen molar-refractivity contribution < 1.29 is 45.8 Å². The largest absolute Gasteiger partial charge is 0.480 e. The quantitative estimate of drug-likeness (QED) is 0.338. The highest BCUT2D eigenvalue weighted by molar-refractivity contribution is 6.01. The number of hydrogen-bond acceptors (Lipinski definition) is 4. The van der Waals surface area contributed by atoms with Gasteiger partial charge < -0.3 is 21.1 Å². The molecule has 0 saturated heterocycles. The summed E-state index contributed by atoms with van der Waals surface area (Å²) in [5.41, 5.74) is 1.71. The number of carboxylic acid groups (broad SMARTS) is 1. The molecule has 3 atom stereocenters. The molecular formula is C25H25F6N3O4. The van der Waals surface area contributed by atoms with Gasteiger partial charge in [-0.15, -0.1) is 0 Å². The third-order valence-corrected chi connectivity index (χ3v) is 6.38. The molecule has 0 fully saturated rings. The molecule has 7 nitrogen and oxygen atoms in total. The number of alkyl halides is 6. The average Bonchev–Trinajstić information content (AvgIpc) is 2.84. The Kier molecular flexibility index (Phi) is 8.39. The minimum atomic E-state index is -5.15. The van der Waals surface area contributed by atoms with Crippen molar-refractivity contribution in [3.63, 3.8) is 0 Å². The van der Waals surface area contributed by atoms with Crippen molar-refractivity contribution in [3.8, 4) is 0 Å². The first-order valence-corrected chi connectivity index (χ1v) is 11.6. The first-order chi connectivity index (χ1) is 17.7. The molecule has 2 amide bonds. The Balaban J connectivity index is 2.18. The zero-order valence-corrected chi connectivity index (χ0v) is 20.1. The highest BCUT2D eigenvalue weighted by atomic mass is 19.4. The predicted octanol–water partition coefficient (Wildman–Crippen LogP) is 4.33. The van der Waals surface area contributed by atoms with E-state index in [4.69, 9.17) is 5.73 Å². The Morgan fingerprint density at radius 1 is 1.03 bits per heavy atom. The number of amides is 2. The van der Waals surface area contributed by atoms with Crippen LogP contribution in [-0.2, 0) is 21.9 Å². The van der Waals surface area contributed by atoms with E-state index in [9.17, 15) is 45.8 Å². The van der Waals surface area contributed by atoms with E-state index in [1.54, 1.807) is 0 Å². The van der Waals surface area contributed by atoms with Crippen LogP contribution in [0.1, 0.15) is 63.8 Å². The van der Waals surface area contributed by atoms with Crippen LogP contribution < -0.4 is 11.1 Å². The maximum absolute atomic E-state index is 13.6. The van der Waals surface area contributed by atoms with Crippen molar-refractivity contribution in [2.24, 2.45) is 5.73 Å². The standard InChI is InChI=1S/C25H25F6N3O4/c1-34-20(13-10-14(24(26,27)28)12-15(11-13)25(29,30)31)19(16-6-2-3-7-17(16)22(34)36)21(35)33-18(23(37)38)8-4-5-9-32/h2-3,6-7,10-12,18-20H,4-5,8-9,32H2,1H3,(H,33,35)(H,37,38). The fraction of sp³-hybridized carbons (Fsp3) is 0.400. The smallest absolute Gasteiger partial charge is 0.416 e. The Labute approximate surface area is 213 Å². The maximum atomic E-state index is 13.6. The minimum absolute atomic E-state index is 0.00609. The first-order valence-electron chi connectivity index (χ1n) is 11.6. The van der Waals surface area contributed by atoms with Crippen LogP contribution in [0.15, 0.2) is 42.5 Å². The SMILES string of the molecule is CN1C(=O)c2ccccc2C(C(=O)NC(CCCCN)C(=O)O)C1c1cc(C(F)(F)F)cc(C(F)(F)F)c1. The molecule has 3 unspecified atom stereocenters. The number of nitrogens with zero attached hydrogens (tertiary/aromatic N) is 1. The van der Waals surface area contributed by atoms with Gasteiger partial charge in [-0.25, -0.2) is 4.79 Å². The predicted molar refractivity (Wildman–Crippen MR) is 123 cm³/mol. The molecule has 0 bridgehead atoms. The number of nitrogens with two attached hydrogens (primary N) is 1. The monoisotopic (exact) mass is 545 g/mol. The minimum Gasteiger partial charge on any atom is -0.480 e. The van der Waals surface area contributed by atoms with Crippen LogP contribution in [0.5, 0.6) is 0 Å². The number of aliphatic carboxylic acids is 1. The van der Waals surface area contributed by atoms with Gasteiger partial charge in [0.05, 0.1) is 23.1 Å². The summed E-state index contributed by atoms with van der Waals surface area (Å²) in [7, 11) is 1.16. The molecule has 0 aromatic heterocycles. The number of nitrogens with one attached hydrogen (secondary N) is 1. The van der Waals surface area contributed by atoms with E-state index in [2.05, 4.69) is 5.32 Å². The van der Waals surface area contributed by atoms with Gasteiger partial charge in [-0.1, -0.05) is 18.2 Å². The second kappa shape index (κ2) is 11.0. The summed E-state index contributed by atoms with van der Waals surface area (Å²) in [5, 5.41) is 11.9. The lowest BCUT2D eigenvalue weighted by Gasteiger charge is -2.40. The van der Waals surface area contributed by atoms with E-state index >= 15 is 0 Å². The molecule has 38 heavy (non-hydrogen) atoms. The summed E-state index contributed by atoms with van der Waals surface area (Å²) < 4.78 is 81.5. The fourth-order valence-electron chi connectivity index (χ4n) is 4.54. The van der Waals surface area contributed by atoms with Gasteiger partial charge in [0.1, 0.15) is 6.04 Å². The molecule has 1 heterocycles. The molecular weight excluding hydrogens is 520 g/mol. The average molecular weight is 545 g/mol. The third-order valence-electron chi connectivity index (χ3n) is 6.38. The molecule has 0 saturated carbocycles. The lowest BCUT2D eigenvalue weighted by atomic mass is 9.78. The number of unbranched alkanes of at least 4 members (excludes halogenated alkanes) is 1. The van der Waals surface area contributed by atoms with E-state index < -0.39 is 64.8 Å². The number of halogens is 6. The van der Waals surface area contributed by atoms with Crippen molar-refractivity contribution in [3.05, 3.63) is 70.3 Å². The molecule has 0 radical (unpaired) electrons. The number of likely N-dealkylation sites (N-methyl/N-ethyl adjacent to an activating group) is 1. The van der Waals surface area contributed by atoms with Gasteiger partial charge in [0.25, 0.3) is 5.91 Å². The number of carbonyl (C=O) groups is 3. The van der Waals surface area contributed by atoms with Gasteiger partial charge in [0.2, 0.25) is 5.91 Å². The summed E-state index contributed by atoms with van der Waals surface area (Å²) >= 11 is 0. The van der Waals surface area contributed by atoms with Crippen molar-refractivity contribution in [2.45, 2.75) is 49.6 Å². The molecule has 13 heteroatoms. The second-order valence-corrected chi connectivity index (χ2v) is 8.95. The Hall–Kier alpha value is -3.61. The Morgan fingerprint density at radius 2 is 1.61 bits per heavy atom. The van der Waals surface area contributed by atoms with Crippen LogP contribution in [0.3, 0.4) is 0 Å². The van der Waals surface area contributed by atoms with E-state index in [0.717, 1.165) is 11.9 Å². The summed E-state index contributed by atoms with van der Waals surface area (Å²) in [6.45, 7) is 0.280. The summed E-state index contributed by atoms with van der Waals surface area (Å²) in [6, 6.07) is 3.57. The van der Waals surface area contributed by atoms with Crippen LogP contribution in [0.2, 0.25) is 0 Å². The van der Waals surface area contributed by atoms with Gasteiger partial charge in [-0.05, 0) is 61.2 Å². The van der Waals surface area contributed by atoms with E-state index in [-0.39, 0.29) is 30.2 Å². The molecule has 0 aliphatic carbocycles. The topological polar surface area (TPSA) is 113 Å². The van der Waals surface area contributed by atoms with Crippen molar-refractivity contribution >= 4 is 17.8 Å². The second-order valence-electron chi connectivity index (χ2n) is 8.95. The van der Waals surface area contributed by atoms with Crippen molar-refractivity contribution in [1.82, 2.24) is 10.2 Å². The number of carboxylic acids is 1. The van der Waals surface area contributed by atoms with Gasteiger partial charge in [-0.3, -0.25) is 9.59 Å². The zero-order valence-electron chi connectivity index (χ0n) is 20.1. The van der Waals surface area contributed by atoms with Crippen LogP contribution in [0, 0.1) is 0 Å². The number of rotatable bonds is 8. The van der Waals surface area contributed by atoms with Crippen LogP contribution in [-0.4, -0.2) is 47.4 Å². The van der Waals surface area contributed by atoms with E-state index in [1.165, 1.54) is 24.3 Å². The Morgan fingerprint density at radius 3 is 2.13 bits per heavy atom. The van der Waals surface area contributed by atoms with E-state index in [0.29, 0.717) is 25.0 Å². The highest BCUT2D eigenvalue weighted by Gasteiger charge is 2.45. The molecule has 3 rings (SSSR count). The highest BCUT2D eigenvalue weighted by Crippen LogP contribution is 2.45. The number of hydrogen-bond donors (Lipinski definition) is 3. The molecule has 2 aromatic carbocycles. The molecule has 1 aliphatic heterocycles. The normalized spacial score (nSPS) is 18.6. The lowest BCUT2D eigenvalue weighted by molar-refractivity contribution is -0.144. The molecule has 0 spiro atoms. The summed E-state index contributed by atoms with van der Waals surface area (Å²) in [5.74, 6) is -4.57. The summed E-state index contributed by atoms with van der Waals surface area (Å²) in [6.07, 6.45) is -9.50. The van der Waals surface area contributed by atoms with Crippen LogP contribution in [0.4, 0.5) is 26.3 Å². The molecule has 206 valence electrons. The maximum Gasteiger partial charge on any atom is 0.416 e. The lowest BCUT2D eigenvalue weighted by Crippen LogP contribution is -2.49. The van der Waals surface area contributed by atoms with Gasteiger partial charge in [0.15, 0.2) is 0 Å². The van der Waals surface area contributed by atoms with Crippen molar-refractivity contribution in [1.29, 1.82) is 0 Å². The number of fused-ring (bicyclic) bond motifs is 1. The number of benzene rings is 2. The van der Waals surface area contributed by atoms with Crippen LogP contribution in [0.25, 0.3) is 0 Å². The number of carbonyl (C=O) groups excluding carboxylic acids is 2. The van der Waals surface area contributed by atoms with Crippen molar-refractivity contribution in [2.75, 3.05) is 13.6 Å². The third kappa shape index (κ3) is 6.09. The molecule has 1 aliphatic rings. The first kappa shape index (κ1) is 29.0. The van der Waals surface area contributed by atoms with Gasteiger partial charge in [-0.2, -0.15) is 26.3 Å². The zero-order chi connectivity index (χ0) is 28.4. The molecule has 4 N–H and O–H groups in total. The Bertz CT molecular complexity index is 1180. The molecule has 2 aromatic rings. The van der Waals surface area contributed by atoms with Crippen LogP contribution >= 0.6 is 0 Å². The van der Waals surface area contributed by atoms with Gasteiger partial charge >= 0.3 is 18.3 Å². The van der Waals surface area contributed by atoms with Gasteiger partial charge in [0, 0.05) is 12.6 Å². The summed E-state index contributed by atoms with van der Waals surface area (Å²) in [4.78, 5) is 39.3. The fourth-order valence-corrected chi connectivity index (χ4v) is 4.54.